The Balaban J connectivity index is 1.96. The zero-order valence-corrected chi connectivity index (χ0v) is 11.6. The molecule has 0 heterocycles. The third kappa shape index (κ3) is 3.47. The van der Waals surface area contributed by atoms with Crippen LogP contribution >= 0.6 is 0 Å². The fourth-order valence-corrected chi connectivity index (χ4v) is 2.58. The van der Waals surface area contributed by atoms with Crippen LogP contribution in [0.25, 0.3) is 0 Å². The molecule has 104 valence electrons. The number of rotatable bonds is 4. The first-order valence-corrected chi connectivity index (χ1v) is 6.80. The molecule has 4 nitrogen and oxygen atoms in total. The fourth-order valence-electron chi connectivity index (χ4n) is 2.58. The van der Waals surface area contributed by atoms with Gasteiger partial charge in [0.1, 0.15) is 5.75 Å². The Morgan fingerprint density at radius 3 is 2.89 bits per heavy atom. The molecule has 2 rings (SSSR count). The molecule has 0 radical (unpaired) electrons. The van der Waals surface area contributed by atoms with Crippen LogP contribution in [-0.4, -0.2) is 19.1 Å². The molecule has 1 aliphatic carbocycles. The van der Waals surface area contributed by atoms with Crippen LogP contribution in [-0.2, 0) is 4.79 Å². The van der Waals surface area contributed by atoms with Crippen LogP contribution in [0.4, 0.5) is 0 Å². The van der Waals surface area contributed by atoms with Crippen LogP contribution < -0.4 is 15.8 Å². The van der Waals surface area contributed by atoms with E-state index in [0.29, 0.717) is 0 Å². The van der Waals surface area contributed by atoms with E-state index in [1.54, 1.807) is 7.11 Å². The molecule has 1 amide bonds. The monoisotopic (exact) mass is 262 g/mol. The van der Waals surface area contributed by atoms with Gasteiger partial charge in [-0.15, -0.1) is 0 Å². The van der Waals surface area contributed by atoms with Gasteiger partial charge in [0, 0.05) is 12.0 Å². The maximum absolute atomic E-state index is 12.1. The summed E-state index contributed by atoms with van der Waals surface area (Å²) in [6.45, 7) is 1.99. The van der Waals surface area contributed by atoms with Crippen molar-refractivity contribution in [3.63, 3.8) is 0 Å². The van der Waals surface area contributed by atoms with E-state index >= 15 is 0 Å². The quantitative estimate of drug-likeness (QED) is 0.872. The second kappa shape index (κ2) is 6.06. The van der Waals surface area contributed by atoms with Crippen LogP contribution in [0.2, 0.25) is 0 Å². The fraction of sp³-hybridized carbons (Fsp3) is 0.533. The first-order valence-electron chi connectivity index (χ1n) is 6.80. The minimum Gasteiger partial charge on any atom is -0.497 e. The topological polar surface area (TPSA) is 64.3 Å². The largest absolute Gasteiger partial charge is 0.497 e. The van der Waals surface area contributed by atoms with Crippen LogP contribution in [0.1, 0.15) is 37.8 Å². The summed E-state index contributed by atoms with van der Waals surface area (Å²) in [5, 5.41) is 3.06. The van der Waals surface area contributed by atoms with Crippen LogP contribution in [0.15, 0.2) is 24.3 Å². The number of carbonyl (C=O) groups is 1. The SMILES string of the molecule is COc1cccc([C@@H](C)NC(=O)C2CCC(N)C2)c1. The van der Waals surface area contributed by atoms with Gasteiger partial charge in [-0.3, -0.25) is 4.79 Å². The number of carbonyl (C=O) groups excluding carboxylic acids is 1. The van der Waals surface area contributed by atoms with Gasteiger partial charge in [0.15, 0.2) is 0 Å². The molecule has 1 aromatic carbocycles. The minimum absolute atomic E-state index is 0.0144. The Hall–Kier alpha value is -1.55. The Morgan fingerprint density at radius 2 is 2.26 bits per heavy atom. The second-order valence-corrected chi connectivity index (χ2v) is 5.28. The lowest BCUT2D eigenvalue weighted by atomic mass is 10.0. The predicted octanol–water partition coefficient (Wildman–Crippen LogP) is 2.00. The highest BCUT2D eigenvalue weighted by Crippen LogP contribution is 2.25. The van der Waals surface area contributed by atoms with Crippen LogP contribution in [0.5, 0.6) is 5.75 Å². The van der Waals surface area contributed by atoms with Gasteiger partial charge in [0.25, 0.3) is 0 Å². The molecule has 3 N–H and O–H groups in total. The van der Waals surface area contributed by atoms with Gasteiger partial charge in [0.05, 0.1) is 13.2 Å². The van der Waals surface area contributed by atoms with Crippen molar-refractivity contribution in [1.82, 2.24) is 5.32 Å². The van der Waals surface area contributed by atoms with E-state index in [9.17, 15) is 4.79 Å². The van der Waals surface area contributed by atoms with Gasteiger partial charge in [-0.25, -0.2) is 0 Å². The van der Waals surface area contributed by atoms with E-state index in [-0.39, 0.29) is 23.9 Å². The smallest absolute Gasteiger partial charge is 0.223 e. The lowest BCUT2D eigenvalue weighted by Crippen LogP contribution is -2.32. The van der Waals surface area contributed by atoms with Gasteiger partial charge in [-0.2, -0.15) is 0 Å². The first-order chi connectivity index (χ1) is 9.10. The summed E-state index contributed by atoms with van der Waals surface area (Å²) in [6, 6.07) is 7.94. The first kappa shape index (κ1) is 13.9. The van der Waals surface area contributed by atoms with Crippen molar-refractivity contribution in [2.75, 3.05) is 7.11 Å². The summed E-state index contributed by atoms with van der Waals surface area (Å²) in [5.41, 5.74) is 6.90. The summed E-state index contributed by atoms with van der Waals surface area (Å²) >= 11 is 0. The summed E-state index contributed by atoms with van der Waals surface area (Å²) in [7, 11) is 1.64. The summed E-state index contributed by atoms with van der Waals surface area (Å²) in [5.74, 6) is 0.993. The molecule has 3 atom stereocenters. The van der Waals surface area contributed by atoms with Crippen molar-refractivity contribution in [1.29, 1.82) is 0 Å². The van der Waals surface area contributed by atoms with E-state index < -0.39 is 0 Å². The third-order valence-electron chi connectivity index (χ3n) is 3.80. The molecule has 19 heavy (non-hydrogen) atoms. The van der Waals surface area contributed by atoms with Gasteiger partial charge in [-0.1, -0.05) is 12.1 Å². The Labute approximate surface area is 114 Å². The Kier molecular flexibility index (Phi) is 4.43. The zero-order chi connectivity index (χ0) is 13.8. The average molecular weight is 262 g/mol. The predicted molar refractivity (Wildman–Crippen MR) is 74.9 cm³/mol. The molecule has 1 aliphatic rings. The minimum atomic E-state index is -0.0144. The van der Waals surface area contributed by atoms with E-state index in [1.165, 1.54) is 0 Å². The molecule has 2 unspecified atom stereocenters. The van der Waals surface area contributed by atoms with Crippen molar-refractivity contribution in [3.05, 3.63) is 29.8 Å². The van der Waals surface area contributed by atoms with Crippen molar-refractivity contribution in [3.8, 4) is 5.75 Å². The molecular formula is C15H22N2O2. The molecule has 0 aliphatic heterocycles. The van der Waals surface area contributed by atoms with Gasteiger partial charge in [-0.05, 0) is 43.9 Å². The number of benzene rings is 1. The molecule has 0 saturated heterocycles. The number of hydrogen-bond acceptors (Lipinski definition) is 3. The number of methoxy groups -OCH3 is 1. The van der Waals surface area contributed by atoms with E-state index in [2.05, 4.69) is 5.32 Å². The summed E-state index contributed by atoms with van der Waals surface area (Å²) < 4.78 is 5.19. The van der Waals surface area contributed by atoms with Gasteiger partial charge < -0.3 is 15.8 Å². The molecule has 0 bridgehead atoms. The molecule has 1 fully saturated rings. The molecule has 0 spiro atoms. The highest BCUT2D eigenvalue weighted by atomic mass is 16.5. The van der Waals surface area contributed by atoms with E-state index in [4.69, 9.17) is 10.5 Å². The van der Waals surface area contributed by atoms with Crippen molar-refractivity contribution >= 4 is 5.91 Å². The third-order valence-corrected chi connectivity index (χ3v) is 3.80. The van der Waals surface area contributed by atoms with Gasteiger partial charge >= 0.3 is 0 Å². The number of amides is 1. The number of nitrogens with one attached hydrogen (secondary N) is 1. The van der Waals surface area contributed by atoms with Crippen molar-refractivity contribution in [2.24, 2.45) is 11.7 Å². The highest BCUT2D eigenvalue weighted by Gasteiger charge is 2.28. The van der Waals surface area contributed by atoms with Crippen molar-refractivity contribution in [2.45, 2.75) is 38.3 Å². The van der Waals surface area contributed by atoms with Crippen LogP contribution in [0.3, 0.4) is 0 Å². The van der Waals surface area contributed by atoms with Gasteiger partial charge in [0.2, 0.25) is 5.91 Å². The standard InChI is InChI=1S/C15H22N2O2/c1-10(11-4-3-5-14(9-11)19-2)17-15(18)12-6-7-13(16)8-12/h3-5,9-10,12-13H,6-8,16H2,1-2H3,(H,17,18)/t10-,12?,13?/m1/s1. The molecule has 0 aromatic heterocycles. The molecule has 1 aromatic rings. The summed E-state index contributed by atoms with van der Waals surface area (Å²) in [6.07, 6.45) is 2.65. The summed E-state index contributed by atoms with van der Waals surface area (Å²) in [4.78, 5) is 12.1. The average Bonchev–Trinajstić information content (AvgIpc) is 2.85. The number of hydrogen-bond donors (Lipinski definition) is 2. The lowest BCUT2D eigenvalue weighted by molar-refractivity contribution is -0.125. The lowest BCUT2D eigenvalue weighted by Gasteiger charge is -2.18. The molecule has 1 saturated carbocycles. The van der Waals surface area contributed by atoms with Crippen LogP contribution in [0, 0.1) is 5.92 Å². The van der Waals surface area contributed by atoms with E-state index in [0.717, 1.165) is 30.6 Å². The number of ether oxygens (including phenoxy) is 1. The normalized spacial score (nSPS) is 23.9. The zero-order valence-electron chi connectivity index (χ0n) is 11.6. The Bertz CT molecular complexity index is 448. The van der Waals surface area contributed by atoms with E-state index in [1.807, 2.05) is 31.2 Å². The van der Waals surface area contributed by atoms with Crippen molar-refractivity contribution < 1.29 is 9.53 Å². The molecular weight excluding hydrogens is 240 g/mol. The highest BCUT2D eigenvalue weighted by molar-refractivity contribution is 5.79. The molecule has 4 heteroatoms. The number of nitrogens with two attached hydrogens (primary N) is 1. The second-order valence-electron chi connectivity index (χ2n) is 5.28. The Morgan fingerprint density at radius 1 is 1.47 bits per heavy atom. The maximum atomic E-state index is 12.1. The maximum Gasteiger partial charge on any atom is 0.223 e.